The van der Waals surface area contributed by atoms with Crippen LogP contribution in [0, 0.1) is 5.92 Å². The van der Waals surface area contributed by atoms with E-state index in [4.69, 9.17) is 5.11 Å². The molecule has 6 nitrogen and oxygen atoms in total. The molecule has 0 radical (unpaired) electrons. The summed E-state index contributed by atoms with van der Waals surface area (Å²) in [7, 11) is 0. The summed E-state index contributed by atoms with van der Waals surface area (Å²) in [4.78, 5) is 14.7. The minimum atomic E-state index is -0.763. The molecular formula is C9H8N4O2. The van der Waals surface area contributed by atoms with Gasteiger partial charge in [0.2, 0.25) is 0 Å². The van der Waals surface area contributed by atoms with Gasteiger partial charge in [-0.1, -0.05) is 0 Å². The lowest BCUT2D eigenvalue weighted by Gasteiger charge is -1.95. The van der Waals surface area contributed by atoms with E-state index in [0.29, 0.717) is 17.9 Å². The van der Waals surface area contributed by atoms with E-state index in [1.165, 1.54) is 0 Å². The topological polar surface area (TPSA) is 80.4 Å². The van der Waals surface area contributed by atoms with Crippen molar-refractivity contribution in [2.24, 2.45) is 5.92 Å². The number of hydrogen-bond donors (Lipinski definition) is 1. The lowest BCUT2D eigenvalue weighted by atomic mass is 10.3. The largest absolute Gasteiger partial charge is 0.481 e. The Labute approximate surface area is 84.6 Å². The number of aliphatic carboxylic acids is 1. The van der Waals surface area contributed by atoms with E-state index in [2.05, 4.69) is 15.2 Å². The molecule has 2 heterocycles. The second-order valence-corrected chi connectivity index (χ2v) is 3.65. The predicted molar refractivity (Wildman–Crippen MR) is 49.3 cm³/mol. The Morgan fingerprint density at radius 2 is 2.40 bits per heavy atom. The maximum atomic E-state index is 10.7. The van der Waals surface area contributed by atoms with Gasteiger partial charge in [-0.05, 0) is 6.42 Å². The molecular weight excluding hydrogens is 196 g/mol. The van der Waals surface area contributed by atoms with Gasteiger partial charge in [-0.2, -0.15) is 0 Å². The van der Waals surface area contributed by atoms with Crippen LogP contribution in [0.2, 0.25) is 0 Å². The molecule has 1 aliphatic rings. The Hall–Kier alpha value is -1.98. The zero-order chi connectivity index (χ0) is 10.4. The van der Waals surface area contributed by atoms with Crippen molar-refractivity contribution in [1.82, 2.24) is 19.6 Å². The smallest absolute Gasteiger partial charge is 0.307 e. The Morgan fingerprint density at radius 3 is 3.13 bits per heavy atom. The van der Waals surface area contributed by atoms with Gasteiger partial charge in [-0.15, -0.1) is 10.2 Å². The fourth-order valence-electron chi connectivity index (χ4n) is 1.77. The minimum Gasteiger partial charge on any atom is -0.481 e. The minimum absolute atomic E-state index is 0.0123. The molecule has 1 N–H and O–H groups in total. The van der Waals surface area contributed by atoms with E-state index in [1.54, 1.807) is 23.0 Å². The first-order valence-corrected chi connectivity index (χ1v) is 4.65. The summed E-state index contributed by atoms with van der Waals surface area (Å²) in [5.41, 5.74) is 0.705. The molecule has 15 heavy (non-hydrogen) atoms. The first-order valence-electron chi connectivity index (χ1n) is 4.65. The molecule has 0 amide bonds. The van der Waals surface area contributed by atoms with Crippen LogP contribution in [-0.4, -0.2) is 30.7 Å². The van der Waals surface area contributed by atoms with Crippen molar-refractivity contribution in [3.05, 3.63) is 24.4 Å². The zero-order valence-electron chi connectivity index (χ0n) is 7.74. The molecule has 6 heteroatoms. The van der Waals surface area contributed by atoms with Gasteiger partial charge in [0.1, 0.15) is 12.2 Å². The zero-order valence-corrected chi connectivity index (χ0v) is 7.74. The average molecular weight is 204 g/mol. The molecule has 1 fully saturated rings. The Bertz CT molecular complexity index is 536. The van der Waals surface area contributed by atoms with Crippen molar-refractivity contribution < 1.29 is 9.90 Å². The van der Waals surface area contributed by atoms with Gasteiger partial charge in [0.15, 0.2) is 5.65 Å². The van der Waals surface area contributed by atoms with E-state index in [-0.39, 0.29) is 11.8 Å². The number of carboxylic acids is 1. The van der Waals surface area contributed by atoms with Crippen LogP contribution in [0.1, 0.15) is 18.2 Å². The van der Waals surface area contributed by atoms with Crippen LogP contribution in [0.3, 0.4) is 0 Å². The van der Waals surface area contributed by atoms with Gasteiger partial charge >= 0.3 is 5.97 Å². The average Bonchev–Trinajstić information content (AvgIpc) is 2.92. The molecule has 0 bridgehead atoms. The third kappa shape index (κ3) is 1.18. The van der Waals surface area contributed by atoms with Crippen molar-refractivity contribution in [1.29, 1.82) is 0 Å². The molecule has 1 aliphatic carbocycles. The van der Waals surface area contributed by atoms with E-state index in [0.717, 1.165) is 0 Å². The molecule has 0 aromatic carbocycles. The van der Waals surface area contributed by atoms with Gasteiger partial charge in [0.25, 0.3) is 0 Å². The van der Waals surface area contributed by atoms with Crippen molar-refractivity contribution in [3.8, 4) is 0 Å². The first kappa shape index (κ1) is 8.34. The standard InChI is InChI=1S/C9H8N4O2/c14-9(15)6-3-5(6)8-12-11-7-1-2-10-4-13(7)8/h1-2,4-6H,3H2,(H,14,15). The number of nitrogens with zero attached hydrogens (tertiary/aromatic N) is 4. The van der Waals surface area contributed by atoms with Crippen LogP contribution in [-0.2, 0) is 4.79 Å². The van der Waals surface area contributed by atoms with E-state index < -0.39 is 5.97 Å². The normalized spacial score (nSPS) is 24.3. The van der Waals surface area contributed by atoms with Crippen LogP contribution < -0.4 is 0 Å². The third-order valence-corrected chi connectivity index (χ3v) is 2.68. The van der Waals surface area contributed by atoms with Gasteiger partial charge in [0.05, 0.1) is 5.92 Å². The fraction of sp³-hybridized carbons (Fsp3) is 0.333. The van der Waals surface area contributed by atoms with Crippen molar-refractivity contribution in [3.63, 3.8) is 0 Å². The SMILES string of the molecule is O=C(O)C1CC1c1nnc2ccncn12. The summed E-state index contributed by atoms with van der Waals surface area (Å²) >= 11 is 0. The number of hydrogen-bond acceptors (Lipinski definition) is 4. The van der Waals surface area contributed by atoms with Gasteiger partial charge in [0, 0.05) is 18.2 Å². The molecule has 1 saturated carbocycles. The maximum absolute atomic E-state index is 10.7. The first-order chi connectivity index (χ1) is 7.27. The van der Waals surface area contributed by atoms with Crippen LogP contribution in [0.15, 0.2) is 18.6 Å². The van der Waals surface area contributed by atoms with E-state index >= 15 is 0 Å². The summed E-state index contributed by atoms with van der Waals surface area (Å²) in [6, 6.07) is 1.74. The molecule has 2 atom stereocenters. The van der Waals surface area contributed by atoms with Gasteiger partial charge < -0.3 is 5.11 Å². The predicted octanol–water partition coefficient (Wildman–Crippen LogP) is 0.312. The van der Waals surface area contributed by atoms with Crippen LogP contribution in [0.25, 0.3) is 5.65 Å². The van der Waals surface area contributed by atoms with Crippen molar-refractivity contribution >= 4 is 11.6 Å². The van der Waals surface area contributed by atoms with Crippen LogP contribution in [0.4, 0.5) is 0 Å². The molecule has 76 valence electrons. The third-order valence-electron chi connectivity index (χ3n) is 2.68. The highest BCUT2D eigenvalue weighted by molar-refractivity contribution is 5.74. The maximum Gasteiger partial charge on any atom is 0.307 e. The summed E-state index contributed by atoms with van der Waals surface area (Å²) in [5, 5.41) is 16.8. The van der Waals surface area contributed by atoms with E-state index in [9.17, 15) is 4.79 Å². The molecule has 3 rings (SSSR count). The summed E-state index contributed by atoms with van der Waals surface area (Å²) in [6.07, 6.45) is 3.89. The Balaban J connectivity index is 2.03. The number of carboxylic acid groups (broad SMARTS) is 1. The monoisotopic (exact) mass is 204 g/mol. The summed E-state index contributed by atoms with van der Waals surface area (Å²) in [6.45, 7) is 0. The van der Waals surface area contributed by atoms with E-state index in [1.807, 2.05) is 0 Å². The van der Waals surface area contributed by atoms with Crippen molar-refractivity contribution in [2.75, 3.05) is 0 Å². The summed E-state index contributed by atoms with van der Waals surface area (Å²) < 4.78 is 1.74. The second kappa shape index (κ2) is 2.75. The summed E-state index contributed by atoms with van der Waals surface area (Å²) in [5.74, 6) is -0.384. The lowest BCUT2D eigenvalue weighted by Crippen LogP contribution is -2.01. The highest BCUT2D eigenvalue weighted by atomic mass is 16.4. The number of aromatic nitrogens is 4. The van der Waals surface area contributed by atoms with Crippen LogP contribution >= 0.6 is 0 Å². The Morgan fingerprint density at radius 1 is 1.53 bits per heavy atom. The number of fused-ring (bicyclic) bond motifs is 1. The molecule has 2 aromatic rings. The molecule has 0 saturated heterocycles. The van der Waals surface area contributed by atoms with Gasteiger partial charge in [-0.3, -0.25) is 9.20 Å². The highest BCUT2D eigenvalue weighted by Crippen LogP contribution is 2.46. The van der Waals surface area contributed by atoms with Gasteiger partial charge in [-0.25, -0.2) is 4.98 Å². The van der Waals surface area contributed by atoms with Crippen LogP contribution in [0.5, 0.6) is 0 Å². The molecule has 2 unspecified atom stereocenters. The molecule has 0 spiro atoms. The lowest BCUT2D eigenvalue weighted by molar-refractivity contribution is -0.138. The molecule has 2 aromatic heterocycles. The number of carbonyl (C=O) groups is 1. The molecule has 0 aliphatic heterocycles. The fourth-order valence-corrected chi connectivity index (χ4v) is 1.77. The van der Waals surface area contributed by atoms with Crippen molar-refractivity contribution in [2.45, 2.75) is 12.3 Å². The second-order valence-electron chi connectivity index (χ2n) is 3.65. The quantitative estimate of drug-likeness (QED) is 0.761. The Kier molecular flexibility index (Phi) is 1.53. The number of rotatable bonds is 2. The highest BCUT2D eigenvalue weighted by Gasteiger charge is 2.47.